The monoisotopic (exact) mass is 273 g/mol. The van der Waals surface area contributed by atoms with Crippen LogP contribution in [-0.2, 0) is 16.4 Å². The Bertz CT molecular complexity index is 497. The van der Waals surface area contributed by atoms with E-state index in [9.17, 15) is 8.42 Å². The smallest absolute Gasteiger partial charge is 0.240 e. The van der Waals surface area contributed by atoms with E-state index in [1.165, 1.54) is 0 Å². The molecular weight excluding hydrogens is 254 g/mol. The van der Waals surface area contributed by atoms with Gasteiger partial charge in [0.1, 0.15) is 0 Å². The lowest BCUT2D eigenvalue weighted by atomic mass is 10.1. The number of sulfone groups is 1. The molecule has 1 aromatic rings. The lowest BCUT2D eigenvalue weighted by molar-refractivity contribution is 0.352. The van der Waals surface area contributed by atoms with E-state index in [0.717, 1.165) is 6.42 Å². The number of aromatic nitrogens is 2. The number of nitrogens with one attached hydrogen (secondary N) is 1. The summed E-state index contributed by atoms with van der Waals surface area (Å²) in [7, 11) is -2.90. The van der Waals surface area contributed by atoms with Crippen molar-refractivity contribution >= 4 is 9.84 Å². The standard InChI is InChI=1S/C11H19N3O3S/c1-3-8(2)12-6-10-13-11(14-17-10)9-4-5-18(15,16)7-9/h8-9,12H,3-7H2,1-2H3. The van der Waals surface area contributed by atoms with Crippen LogP contribution >= 0.6 is 0 Å². The van der Waals surface area contributed by atoms with Crippen molar-refractivity contribution < 1.29 is 12.9 Å². The zero-order valence-electron chi connectivity index (χ0n) is 10.7. The highest BCUT2D eigenvalue weighted by atomic mass is 32.2. The Balaban J connectivity index is 1.94. The third kappa shape index (κ3) is 3.29. The maximum absolute atomic E-state index is 11.4. The molecule has 102 valence electrons. The van der Waals surface area contributed by atoms with Crippen molar-refractivity contribution in [1.29, 1.82) is 0 Å². The third-order valence-corrected chi connectivity index (χ3v) is 5.06. The molecule has 0 aromatic carbocycles. The average Bonchev–Trinajstić information content (AvgIpc) is 2.92. The van der Waals surface area contributed by atoms with Gasteiger partial charge in [-0.3, -0.25) is 0 Å². The first-order valence-electron chi connectivity index (χ1n) is 6.26. The summed E-state index contributed by atoms with van der Waals surface area (Å²) in [4.78, 5) is 4.26. The molecule has 1 fully saturated rings. The Morgan fingerprint density at radius 3 is 2.94 bits per heavy atom. The summed E-state index contributed by atoms with van der Waals surface area (Å²) < 4.78 is 27.9. The summed E-state index contributed by atoms with van der Waals surface area (Å²) >= 11 is 0. The zero-order valence-corrected chi connectivity index (χ0v) is 11.5. The van der Waals surface area contributed by atoms with Crippen molar-refractivity contribution in [2.75, 3.05) is 11.5 Å². The Morgan fingerprint density at radius 2 is 2.33 bits per heavy atom. The molecule has 0 aliphatic carbocycles. The van der Waals surface area contributed by atoms with Crippen LogP contribution in [0.15, 0.2) is 4.52 Å². The van der Waals surface area contributed by atoms with E-state index in [1.807, 2.05) is 0 Å². The van der Waals surface area contributed by atoms with Crippen LogP contribution in [0.4, 0.5) is 0 Å². The molecule has 0 spiro atoms. The van der Waals surface area contributed by atoms with E-state index in [1.54, 1.807) is 0 Å². The van der Waals surface area contributed by atoms with E-state index in [2.05, 4.69) is 29.3 Å². The van der Waals surface area contributed by atoms with Crippen molar-refractivity contribution in [1.82, 2.24) is 15.5 Å². The first kappa shape index (κ1) is 13.5. The Hall–Kier alpha value is -0.950. The van der Waals surface area contributed by atoms with Crippen molar-refractivity contribution in [2.45, 2.75) is 45.2 Å². The molecule has 0 amide bonds. The van der Waals surface area contributed by atoms with Crippen molar-refractivity contribution in [2.24, 2.45) is 0 Å². The van der Waals surface area contributed by atoms with Crippen molar-refractivity contribution in [3.8, 4) is 0 Å². The molecule has 1 aliphatic rings. The Morgan fingerprint density at radius 1 is 1.56 bits per heavy atom. The number of nitrogens with zero attached hydrogens (tertiary/aromatic N) is 2. The largest absolute Gasteiger partial charge is 0.338 e. The normalized spacial score (nSPS) is 24.2. The summed E-state index contributed by atoms with van der Waals surface area (Å²) in [6.07, 6.45) is 1.63. The predicted molar refractivity (Wildman–Crippen MR) is 66.9 cm³/mol. The molecule has 2 rings (SSSR count). The van der Waals surface area contributed by atoms with Crippen molar-refractivity contribution in [3.63, 3.8) is 0 Å². The molecule has 2 atom stereocenters. The molecule has 1 aliphatic heterocycles. The Kier molecular flexibility index (Phi) is 4.01. The van der Waals surface area contributed by atoms with Gasteiger partial charge in [-0.15, -0.1) is 0 Å². The van der Waals surface area contributed by atoms with Crippen LogP contribution in [0.1, 0.15) is 44.3 Å². The molecule has 2 unspecified atom stereocenters. The second kappa shape index (κ2) is 5.36. The second-order valence-corrected chi connectivity index (χ2v) is 7.07. The summed E-state index contributed by atoms with van der Waals surface area (Å²) in [6, 6.07) is 0.396. The minimum atomic E-state index is -2.90. The van der Waals surface area contributed by atoms with Gasteiger partial charge in [0, 0.05) is 12.0 Å². The van der Waals surface area contributed by atoms with Gasteiger partial charge in [0.2, 0.25) is 5.89 Å². The lowest BCUT2D eigenvalue weighted by Gasteiger charge is -2.07. The molecule has 0 bridgehead atoms. The second-order valence-electron chi connectivity index (χ2n) is 4.84. The van der Waals surface area contributed by atoms with Crippen LogP contribution in [-0.4, -0.2) is 36.1 Å². The molecule has 2 heterocycles. The lowest BCUT2D eigenvalue weighted by Crippen LogP contribution is -2.24. The van der Waals surface area contributed by atoms with E-state index in [-0.39, 0.29) is 17.4 Å². The van der Waals surface area contributed by atoms with Gasteiger partial charge < -0.3 is 9.84 Å². The summed E-state index contributed by atoms with van der Waals surface area (Å²) in [5, 5.41) is 7.13. The highest BCUT2D eigenvalue weighted by Gasteiger charge is 2.32. The molecule has 6 nitrogen and oxygen atoms in total. The van der Waals surface area contributed by atoms with Crippen LogP contribution in [0, 0.1) is 0 Å². The predicted octanol–water partition coefficient (Wildman–Crippen LogP) is 0.860. The average molecular weight is 273 g/mol. The summed E-state index contributed by atoms with van der Waals surface area (Å²) in [5.74, 6) is 1.32. The number of rotatable bonds is 5. The summed E-state index contributed by atoms with van der Waals surface area (Å²) in [6.45, 7) is 4.71. The van der Waals surface area contributed by atoms with Crippen LogP contribution < -0.4 is 5.32 Å². The molecule has 0 radical (unpaired) electrons. The molecule has 1 aromatic heterocycles. The fourth-order valence-corrected chi connectivity index (χ4v) is 3.65. The van der Waals surface area contributed by atoms with Gasteiger partial charge >= 0.3 is 0 Å². The fraction of sp³-hybridized carbons (Fsp3) is 0.818. The first-order chi connectivity index (χ1) is 8.50. The first-order valence-corrected chi connectivity index (χ1v) is 8.08. The van der Waals surface area contributed by atoms with Crippen LogP contribution in [0.2, 0.25) is 0 Å². The van der Waals surface area contributed by atoms with Crippen LogP contribution in [0.25, 0.3) is 0 Å². The van der Waals surface area contributed by atoms with E-state index in [0.29, 0.717) is 30.7 Å². The van der Waals surface area contributed by atoms with E-state index < -0.39 is 9.84 Å². The molecular formula is C11H19N3O3S. The summed E-state index contributed by atoms with van der Waals surface area (Å²) in [5.41, 5.74) is 0. The molecule has 1 N–H and O–H groups in total. The zero-order chi connectivity index (χ0) is 13.2. The maximum atomic E-state index is 11.4. The fourth-order valence-electron chi connectivity index (χ4n) is 1.91. The van der Waals surface area contributed by atoms with Gasteiger partial charge in [-0.05, 0) is 19.8 Å². The SMILES string of the molecule is CCC(C)NCc1nc(C2CCS(=O)(=O)C2)no1. The third-order valence-electron chi connectivity index (χ3n) is 3.30. The van der Waals surface area contributed by atoms with Crippen molar-refractivity contribution in [3.05, 3.63) is 11.7 Å². The minimum Gasteiger partial charge on any atom is -0.338 e. The molecule has 7 heteroatoms. The van der Waals surface area contributed by atoms with E-state index >= 15 is 0 Å². The highest BCUT2D eigenvalue weighted by Crippen LogP contribution is 2.26. The van der Waals surface area contributed by atoms with Crippen LogP contribution in [0.5, 0.6) is 0 Å². The molecule has 1 saturated heterocycles. The van der Waals surface area contributed by atoms with Gasteiger partial charge in [0.05, 0.1) is 18.1 Å². The molecule has 18 heavy (non-hydrogen) atoms. The molecule has 0 saturated carbocycles. The Labute approximate surface area is 107 Å². The number of hydrogen-bond acceptors (Lipinski definition) is 6. The van der Waals surface area contributed by atoms with Gasteiger partial charge in [-0.25, -0.2) is 8.42 Å². The maximum Gasteiger partial charge on any atom is 0.240 e. The van der Waals surface area contributed by atoms with Crippen LogP contribution in [0.3, 0.4) is 0 Å². The number of hydrogen-bond donors (Lipinski definition) is 1. The van der Waals surface area contributed by atoms with Gasteiger partial charge in [-0.1, -0.05) is 12.1 Å². The minimum absolute atomic E-state index is 0.101. The van der Waals surface area contributed by atoms with E-state index in [4.69, 9.17) is 4.52 Å². The highest BCUT2D eigenvalue weighted by molar-refractivity contribution is 7.91. The van der Waals surface area contributed by atoms with Gasteiger partial charge in [-0.2, -0.15) is 4.98 Å². The van der Waals surface area contributed by atoms with Gasteiger partial charge in [0.25, 0.3) is 0 Å². The van der Waals surface area contributed by atoms with Gasteiger partial charge in [0.15, 0.2) is 15.7 Å². The quantitative estimate of drug-likeness (QED) is 0.856. The topological polar surface area (TPSA) is 85.1 Å².